The molecule has 2 N–H and O–H groups in total. The molecule has 4 heterocycles. The van der Waals surface area contributed by atoms with Gasteiger partial charge in [0, 0.05) is 17.4 Å². The molecule has 3 aromatic rings. The maximum atomic E-state index is 12.8. The van der Waals surface area contributed by atoms with Crippen molar-refractivity contribution in [1.82, 2.24) is 24.9 Å². The SMILES string of the molecule is O=c1cc(C2CCNCC2)n2ncc(-c3nc(C(F)(F)F)cs3)c2[nH]1. The summed E-state index contributed by atoms with van der Waals surface area (Å²) in [5.41, 5.74) is 0.315. The van der Waals surface area contributed by atoms with Gasteiger partial charge in [-0.05, 0) is 25.9 Å². The molecular formula is C15H14F3N5OS. The zero-order valence-corrected chi connectivity index (χ0v) is 13.7. The van der Waals surface area contributed by atoms with Crippen LogP contribution >= 0.6 is 11.3 Å². The fourth-order valence-electron chi connectivity index (χ4n) is 3.11. The molecule has 4 rings (SSSR count). The molecule has 1 fully saturated rings. The highest BCUT2D eigenvalue weighted by Crippen LogP contribution is 2.35. The second-order valence-electron chi connectivity index (χ2n) is 5.94. The molecular weight excluding hydrogens is 355 g/mol. The van der Waals surface area contributed by atoms with Gasteiger partial charge in [-0.25, -0.2) is 9.50 Å². The minimum absolute atomic E-state index is 0.181. The zero-order chi connectivity index (χ0) is 17.6. The Hall–Kier alpha value is -2.20. The number of alkyl halides is 3. The van der Waals surface area contributed by atoms with E-state index >= 15 is 0 Å². The fraction of sp³-hybridized carbons (Fsp3) is 0.400. The van der Waals surface area contributed by atoms with Crippen molar-refractivity contribution in [2.75, 3.05) is 13.1 Å². The minimum Gasteiger partial charge on any atom is -0.317 e. The Kier molecular flexibility index (Phi) is 3.88. The summed E-state index contributed by atoms with van der Waals surface area (Å²) < 4.78 is 40.0. The van der Waals surface area contributed by atoms with Crippen LogP contribution < -0.4 is 10.9 Å². The molecule has 0 saturated carbocycles. The Morgan fingerprint density at radius 3 is 2.72 bits per heavy atom. The first-order chi connectivity index (χ1) is 11.9. The van der Waals surface area contributed by atoms with Crippen LogP contribution in [0, 0.1) is 0 Å². The lowest BCUT2D eigenvalue weighted by molar-refractivity contribution is -0.140. The average molecular weight is 369 g/mol. The first kappa shape index (κ1) is 16.3. The molecule has 1 saturated heterocycles. The molecule has 0 atom stereocenters. The number of rotatable bonds is 2. The van der Waals surface area contributed by atoms with Crippen LogP contribution in [0.5, 0.6) is 0 Å². The van der Waals surface area contributed by atoms with Gasteiger partial charge in [-0.15, -0.1) is 11.3 Å². The normalized spacial score (nSPS) is 16.6. The Bertz CT molecular complexity index is 968. The van der Waals surface area contributed by atoms with Gasteiger partial charge in [0.15, 0.2) is 5.69 Å². The number of fused-ring (bicyclic) bond motifs is 1. The van der Waals surface area contributed by atoms with Crippen LogP contribution in [-0.4, -0.2) is 32.7 Å². The lowest BCUT2D eigenvalue weighted by Crippen LogP contribution is -2.28. The highest BCUT2D eigenvalue weighted by atomic mass is 32.1. The molecule has 0 aromatic carbocycles. The number of nitrogens with zero attached hydrogens (tertiary/aromatic N) is 3. The number of H-pyrrole nitrogens is 1. The van der Waals surface area contributed by atoms with Crippen molar-refractivity contribution in [2.24, 2.45) is 0 Å². The number of hydrogen-bond acceptors (Lipinski definition) is 5. The Labute approximate surface area is 143 Å². The Morgan fingerprint density at radius 2 is 2.04 bits per heavy atom. The number of aromatic nitrogens is 4. The molecule has 25 heavy (non-hydrogen) atoms. The monoisotopic (exact) mass is 369 g/mol. The molecule has 0 radical (unpaired) electrons. The highest BCUT2D eigenvalue weighted by Gasteiger charge is 2.34. The number of thiazole rings is 1. The smallest absolute Gasteiger partial charge is 0.317 e. The molecule has 10 heteroatoms. The van der Waals surface area contributed by atoms with Crippen LogP contribution in [0.2, 0.25) is 0 Å². The lowest BCUT2D eigenvalue weighted by atomic mass is 9.94. The molecule has 0 amide bonds. The predicted octanol–water partition coefficient (Wildman–Crippen LogP) is 2.63. The van der Waals surface area contributed by atoms with Crippen LogP contribution in [0.15, 0.2) is 22.4 Å². The van der Waals surface area contributed by atoms with Crippen molar-refractivity contribution < 1.29 is 13.2 Å². The third kappa shape index (κ3) is 2.95. The fourth-order valence-corrected chi connectivity index (χ4v) is 3.94. The predicted molar refractivity (Wildman–Crippen MR) is 86.8 cm³/mol. The van der Waals surface area contributed by atoms with Crippen LogP contribution in [0.4, 0.5) is 13.2 Å². The van der Waals surface area contributed by atoms with E-state index in [1.807, 2.05) is 0 Å². The molecule has 6 nitrogen and oxygen atoms in total. The van der Waals surface area contributed by atoms with Crippen LogP contribution in [0.1, 0.15) is 30.1 Å². The Morgan fingerprint density at radius 1 is 1.28 bits per heavy atom. The van der Waals surface area contributed by atoms with Crippen molar-refractivity contribution in [3.8, 4) is 10.6 Å². The van der Waals surface area contributed by atoms with Gasteiger partial charge in [-0.2, -0.15) is 18.3 Å². The molecule has 1 aliphatic rings. The standard InChI is InChI=1S/C15H14F3N5OS/c16-15(17,18)11-7-25-14(21-11)9-6-20-23-10(5-12(24)22-13(9)23)8-1-3-19-4-2-8/h5-8,19H,1-4H2,(H,22,24). The summed E-state index contributed by atoms with van der Waals surface area (Å²) >= 11 is 0.880. The summed E-state index contributed by atoms with van der Waals surface area (Å²) in [5, 5.41) is 8.71. The van der Waals surface area contributed by atoms with Gasteiger partial charge in [0.2, 0.25) is 0 Å². The van der Waals surface area contributed by atoms with Crippen LogP contribution in [0.3, 0.4) is 0 Å². The average Bonchev–Trinajstić information content (AvgIpc) is 3.21. The lowest BCUT2D eigenvalue weighted by Gasteiger charge is -2.23. The van der Waals surface area contributed by atoms with Gasteiger partial charge in [0.25, 0.3) is 5.56 Å². The third-order valence-electron chi connectivity index (χ3n) is 4.32. The molecule has 0 spiro atoms. The topological polar surface area (TPSA) is 75.1 Å². The molecule has 0 unspecified atom stereocenters. The van der Waals surface area contributed by atoms with Gasteiger partial charge in [-0.1, -0.05) is 0 Å². The number of halogens is 3. The Balaban J connectivity index is 1.83. The quantitative estimate of drug-likeness (QED) is 0.728. The van der Waals surface area contributed by atoms with Crippen LogP contribution in [0.25, 0.3) is 16.2 Å². The van der Waals surface area contributed by atoms with E-state index in [1.165, 1.54) is 12.3 Å². The van der Waals surface area contributed by atoms with E-state index in [1.54, 1.807) is 4.52 Å². The first-order valence-corrected chi connectivity index (χ1v) is 8.66. The number of aromatic amines is 1. The number of nitrogens with one attached hydrogen (secondary N) is 2. The molecule has 1 aliphatic heterocycles. The van der Waals surface area contributed by atoms with Crippen LogP contribution in [-0.2, 0) is 6.18 Å². The summed E-state index contributed by atoms with van der Waals surface area (Å²) in [5.74, 6) is 0.181. The van der Waals surface area contributed by atoms with E-state index in [-0.39, 0.29) is 16.5 Å². The van der Waals surface area contributed by atoms with Crippen molar-refractivity contribution in [2.45, 2.75) is 24.9 Å². The van der Waals surface area contributed by atoms with E-state index < -0.39 is 11.9 Å². The number of hydrogen-bond donors (Lipinski definition) is 2. The van der Waals surface area contributed by atoms with E-state index in [9.17, 15) is 18.0 Å². The van der Waals surface area contributed by atoms with Gasteiger partial charge >= 0.3 is 6.18 Å². The second-order valence-corrected chi connectivity index (χ2v) is 6.80. The minimum atomic E-state index is -4.49. The summed E-state index contributed by atoms with van der Waals surface area (Å²) in [6.45, 7) is 1.71. The van der Waals surface area contributed by atoms with Gasteiger partial charge in [0.1, 0.15) is 10.7 Å². The molecule has 132 valence electrons. The molecule has 0 aliphatic carbocycles. The second kappa shape index (κ2) is 5.95. The van der Waals surface area contributed by atoms with Crippen molar-refractivity contribution in [3.05, 3.63) is 39.4 Å². The largest absolute Gasteiger partial charge is 0.434 e. The summed E-state index contributed by atoms with van der Waals surface area (Å²) in [6, 6.07) is 1.52. The maximum Gasteiger partial charge on any atom is 0.434 e. The van der Waals surface area contributed by atoms with Crippen molar-refractivity contribution >= 4 is 17.0 Å². The van der Waals surface area contributed by atoms with E-state index in [2.05, 4.69) is 20.4 Å². The maximum absolute atomic E-state index is 12.8. The van der Waals surface area contributed by atoms with Crippen molar-refractivity contribution in [3.63, 3.8) is 0 Å². The van der Waals surface area contributed by atoms with E-state index in [0.29, 0.717) is 11.2 Å². The third-order valence-corrected chi connectivity index (χ3v) is 5.19. The summed E-state index contributed by atoms with van der Waals surface area (Å²) in [6.07, 6.45) is -1.29. The number of piperidine rings is 1. The molecule has 0 bridgehead atoms. The van der Waals surface area contributed by atoms with Gasteiger partial charge in [0.05, 0.1) is 17.5 Å². The van der Waals surface area contributed by atoms with Crippen molar-refractivity contribution in [1.29, 1.82) is 0 Å². The van der Waals surface area contributed by atoms with E-state index in [4.69, 9.17) is 0 Å². The summed E-state index contributed by atoms with van der Waals surface area (Å²) in [7, 11) is 0. The van der Waals surface area contributed by atoms with E-state index in [0.717, 1.165) is 48.3 Å². The molecule has 3 aromatic heterocycles. The highest BCUT2D eigenvalue weighted by molar-refractivity contribution is 7.13. The van der Waals surface area contributed by atoms with Gasteiger partial charge < -0.3 is 10.3 Å². The zero-order valence-electron chi connectivity index (χ0n) is 12.9. The first-order valence-electron chi connectivity index (χ1n) is 7.78. The van der Waals surface area contributed by atoms with Gasteiger partial charge in [-0.3, -0.25) is 4.79 Å². The summed E-state index contributed by atoms with van der Waals surface area (Å²) in [4.78, 5) is 18.4.